The van der Waals surface area contributed by atoms with Crippen molar-refractivity contribution in [2.24, 2.45) is 0 Å². The number of sulfonamides is 1. The molecule has 0 aromatic heterocycles. The number of nitrogens with zero attached hydrogens (tertiary/aromatic N) is 2. The normalized spacial score (nSPS) is 14.0. The molecule has 0 aliphatic carbocycles. The Labute approximate surface area is 227 Å². The molecule has 37 heavy (non-hydrogen) atoms. The van der Waals surface area contributed by atoms with Crippen LogP contribution in [0.1, 0.15) is 77.8 Å². The zero-order valence-electron chi connectivity index (χ0n) is 22.8. The number of aliphatic hydroxyl groups excluding tert-OH is 1. The molecular weight excluding hydrogens is 595 g/mol. The summed E-state index contributed by atoms with van der Waals surface area (Å²) in [5, 5.41) is 21.8. The van der Waals surface area contributed by atoms with Gasteiger partial charge in [0.1, 0.15) is 0 Å². The number of unbranched alkanes of at least 4 members (excludes halogenated alkanes) is 3. The summed E-state index contributed by atoms with van der Waals surface area (Å²) in [7, 11) is -4.06. The van der Waals surface area contributed by atoms with Crippen LogP contribution in [0.15, 0.2) is 59.5 Å². The van der Waals surface area contributed by atoms with Gasteiger partial charge in [0.2, 0.25) is 0 Å². The second kappa shape index (κ2) is 15.2. The molecule has 7 nitrogen and oxygen atoms in total. The van der Waals surface area contributed by atoms with Crippen LogP contribution >= 0.6 is 0 Å². The Bertz CT molecular complexity index is 1040. The van der Waals surface area contributed by atoms with E-state index in [1.165, 1.54) is 24.3 Å². The van der Waals surface area contributed by atoms with Crippen molar-refractivity contribution < 1.29 is 18.4 Å². The Morgan fingerprint density at radius 2 is 1.38 bits per heavy atom. The van der Waals surface area contributed by atoms with Crippen molar-refractivity contribution in [2.45, 2.75) is 94.5 Å². The number of nitro benzene ring substituents is 1. The van der Waals surface area contributed by atoms with Crippen LogP contribution in [0.5, 0.6) is 0 Å². The zero-order valence-corrected chi connectivity index (χ0v) is 26.5. The van der Waals surface area contributed by atoms with Crippen LogP contribution in [-0.4, -0.2) is 51.8 Å². The Kier molecular flexibility index (Phi) is 13.0. The van der Waals surface area contributed by atoms with E-state index in [1.54, 1.807) is 4.31 Å². The molecule has 0 saturated heterocycles. The maximum absolute atomic E-state index is 14.4. The van der Waals surface area contributed by atoms with Crippen LogP contribution < -0.4 is 0 Å². The van der Waals surface area contributed by atoms with Gasteiger partial charge in [-0.2, -0.15) is 0 Å². The molecule has 0 spiro atoms. The van der Waals surface area contributed by atoms with Crippen molar-refractivity contribution >= 4 is 34.1 Å². The van der Waals surface area contributed by atoms with E-state index in [4.69, 9.17) is 0 Å². The van der Waals surface area contributed by atoms with Crippen molar-refractivity contribution in [3.05, 3.63) is 70.3 Å². The first-order chi connectivity index (χ1) is 17.7. The van der Waals surface area contributed by atoms with Crippen LogP contribution in [0, 0.1) is 10.1 Å². The minimum atomic E-state index is -4.06. The van der Waals surface area contributed by atoms with E-state index in [1.807, 2.05) is 30.3 Å². The molecule has 9 heteroatoms. The Morgan fingerprint density at radius 3 is 1.78 bits per heavy atom. The van der Waals surface area contributed by atoms with E-state index < -0.39 is 39.4 Å². The third kappa shape index (κ3) is 8.00. The first-order valence-corrected chi connectivity index (χ1v) is 22.8. The average Bonchev–Trinajstić information content (AvgIpc) is 2.91. The molecule has 0 unspecified atom stereocenters. The number of nitro groups is 1. The molecule has 2 rings (SSSR count). The molecule has 206 valence electrons. The summed E-state index contributed by atoms with van der Waals surface area (Å²) >= 11 is -3.17. The molecule has 0 saturated carbocycles. The molecule has 0 radical (unpaired) electrons. The topological polar surface area (TPSA) is 101 Å². The van der Waals surface area contributed by atoms with Crippen molar-refractivity contribution in [1.29, 1.82) is 0 Å². The molecule has 0 fully saturated rings. The molecule has 2 aromatic carbocycles. The number of rotatable bonds is 17. The number of non-ortho nitro benzene ring substituents is 1. The molecule has 1 N–H and O–H groups in total. The number of aliphatic hydroxyl groups is 1. The van der Waals surface area contributed by atoms with Crippen LogP contribution in [-0.2, 0) is 10.0 Å². The van der Waals surface area contributed by atoms with Gasteiger partial charge in [0.25, 0.3) is 0 Å². The minimum absolute atomic E-state index is 0.0287. The monoisotopic (exact) mass is 640 g/mol. The predicted octanol–water partition coefficient (Wildman–Crippen LogP) is 7.10. The molecule has 0 aliphatic rings. The summed E-state index contributed by atoms with van der Waals surface area (Å²) in [4.78, 5) is 10.7. The Morgan fingerprint density at radius 1 is 0.892 bits per heavy atom. The SMILES string of the molecule is CCC[CH2][Sn]([CH2]CCC)([CH2]CCC)[C@@H](C)N([C@@H](CO)c1ccccc1)S(=O)(=O)c1ccc([N+](=O)[O-])cc1. The Hall–Kier alpha value is -1.49. The quantitative estimate of drug-likeness (QED) is 0.113. The van der Waals surface area contributed by atoms with Crippen molar-refractivity contribution in [1.82, 2.24) is 4.31 Å². The molecule has 0 aliphatic heterocycles. The van der Waals surface area contributed by atoms with E-state index in [2.05, 4.69) is 27.7 Å². The van der Waals surface area contributed by atoms with Gasteiger partial charge in [-0.1, -0.05) is 0 Å². The summed E-state index contributed by atoms with van der Waals surface area (Å²) in [5.41, 5.74) is 0.603. The van der Waals surface area contributed by atoms with Gasteiger partial charge in [-0.3, -0.25) is 0 Å². The van der Waals surface area contributed by atoms with Gasteiger partial charge in [-0.05, 0) is 0 Å². The number of benzene rings is 2. The zero-order chi connectivity index (χ0) is 27.5. The summed E-state index contributed by atoms with van der Waals surface area (Å²) in [6.45, 7) is 8.32. The first kappa shape index (κ1) is 31.7. The number of hydrogen-bond donors (Lipinski definition) is 1. The first-order valence-electron chi connectivity index (χ1n) is 13.6. The van der Waals surface area contributed by atoms with Gasteiger partial charge in [0.15, 0.2) is 0 Å². The standard InChI is InChI=1S/C16H17N2O5S.3C4H9.Sn/c1-2-17(16(12-19)13-6-4-3-5-7-13)24(22,23)15-10-8-14(9-11-15)18(20)21;3*1-3-4-2;/h2-11,16,19H,12H2,1H3;3*1,3-4H2,2H3;/t16-;;;;/m0..../s1. The van der Waals surface area contributed by atoms with Gasteiger partial charge in [0, 0.05) is 0 Å². The fourth-order valence-corrected chi connectivity index (χ4v) is 26.6. The van der Waals surface area contributed by atoms with Gasteiger partial charge in [-0.25, -0.2) is 0 Å². The van der Waals surface area contributed by atoms with E-state index >= 15 is 0 Å². The molecule has 0 bridgehead atoms. The van der Waals surface area contributed by atoms with Gasteiger partial charge in [0.05, 0.1) is 0 Å². The average molecular weight is 639 g/mol. The summed E-state index contributed by atoms with van der Waals surface area (Å²) in [6, 6.07) is 13.8. The molecule has 2 atom stereocenters. The van der Waals surface area contributed by atoms with Crippen molar-refractivity contribution in [3.8, 4) is 0 Å². The third-order valence-corrected chi connectivity index (χ3v) is 27.6. The van der Waals surface area contributed by atoms with E-state index in [0.717, 1.165) is 57.4 Å². The summed E-state index contributed by atoms with van der Waals surface area (Å²) in [6.07, 6.45) is 6.49. The summed E-state index contributed by atoms with van der Waals surface area (Å²) < 4.78 is 33.5. The van der Waals surface area contributed by atoms with E-state index in [9.17, 15) is 23.6 Å². The van der Waals surface area contributed by atoms with E-state index in [0.29, 0.717) is 0 Å². The number of hydrogen-bond acceptors (Lipinski definition) is 5. The van der Waals surface area contributed by atoms with Crippen molar-refractivity contribution in [3.63, 3.8) is 0 Å². The second-order valence-electron chi connectivity index (χ2n) is 10.0. The van der Waals surface area contributed by atoms with Crippen molar-refractivity contribution in [2.75, 3.05) is 6.61 Å². The van der Waals surface area contributed by atoms with E-state index in [-0.39, 0.29) is 21.2 Å². The second-order valence-corrected chi connectivity index (χ2v) is 26.3. The summed E-state index contributed by atoms with van der Waals surface area (Å²) in [5.74, 6) is 0. The van der Waals surface area contributed by atoms with Crippen LogP contribution in [0.2, 0.25) is 13.3 Å². The molecule has 0 amide bonds. The molecule has 2 aromatic rings. The van der Waals surface area contributed by atoms with Gasteiger partial charge >= 0.3 is 228 Å². The Balaban J connectivity index is 2.74. The predicted molar refractivity (Wildman–Crippen MR) is 153 cm³/mol. The van der Waals surface area contributed by atoms with Gasteiger partial charge < -0.3 is 0 Å². The van der Waals surface area contributed by atoms with Crippen LogP contribution in [0.25, 0.3) is 0 Å². The van der Waals surface area contributed by atoms with Crippen LogP contribution in [0.3, 0.4) is 0 Å². The van der Waals surface area contributed by atoms with Gasteiger partial charge in [-0.15, -0.1) is 0 Å². The third-order valence-electron chi connectivity index (χ3n) is 7.64. The maximum atomic E-state index is 14.4. The fraction of sp³-hybridized carbons (Fsp3) is 0.571. The fourth-order valence-electron chi connectivity index (χ4n) is 5.37. The van der Waals surface area contributed by atoms with Crippen LogP contribution in [0.4, 0.5) is 5.69 Å². The molecular formula is C28H44N2O5SSn. The molecule has 0 heterocycles.